The van der Waals surface area contributed by atoms with Crippen LogP contribution in [-0.2, 0) is 6.42 Å². The monoisotopic (exact) mass is 498 g/mol. The Morgan fingerprint density at radius 2 is 1.59 bits per heavy atom. The molecule has 3 heterocycles. The van der Waals surface area contributed by atoms with Crippen LogP contribution < -0.4 is 0 Å². The Morgan fingerprint density at radius 3 is 2.27 bits per heavy atom. The van der Waals surface area contributed by atoms with Crippen molar-refractivity contribution < 1.29 is 0 Å². The molecule has 0 bridgehead atoms. The molecule has 0 N–H and O–H groups in total. The first kappa shape index (κ1) is 25.9. The molecule has 0 spiro atoms. The average molecular weight is 499 g/mol. The third-order valence-corrected chi connectivity index (χ3v) is 8.79. The van der Waals surface area contributed by atoms with Gasteiger partial charge in [0, 0.05) is 37.7 Å². The Balaban J connectivity index is 1.52. The Morgan fingerprint density at radius 1 is 0.865 bits per heavy atom. The fraction of sp³-hybridized carbons (Fsp3) is 0.545. The van der Waals surface area contributed by atoms with Gasteiger partial charge in [-0.1, -0.05) is 94.8 Å². The summed E-state index contributed by atoms with van der Waals surface area (Å²) in [6.45, 7) is 18.2. The van der Waals surface area contributed by atoms with Gasteiger partial charge in [0.2, 0.25) is 0 Å². The predicted molar refractivity (Wildman–Crippen MR) is 156 cm³/mol. The summed E-state index contributed by atoms with van der Waals surface area (Å²) < 4.78 is 0. The molecule has 5 rings (SSSR count). The number of hydrogen-bond donors (Lipinski definition) is 0. The van der Waals surface area contributed by atoms with E-state index in [1.165, 1.54) is 34.8 Å². The second kappa shape index (κ2) is 10.9. The number of fused-ring (bicyclic) bond motifs is 2. The van der Waals surface area contributed by atoms with Gasteiger partial charge in [0.1, 0.15) is 11.7 Å². The molecule has 4 heteroatoms. The summed E-state index contributed by atoms with van der Waals surface area (Å²) in [5.41, 5.74) is 4.19. The van der Waals surface area contributed by atoms with Crippen LogP contribution in [0.25, 0.3) is 0 Å². The van der Waals surface area contributed by atoms with E-state index in [9.17, 15) is 0 Å². The van der Waals surface area contributed by atoms with Crippen molar-refractivity contribution in [2.45, 2.75) is 78.4 Å². The Hall–Kier alpha value is -2.75. The smallest absolute Gasteiger partial charge is 0.127 e. The molecule has 198 valence electrons. The summed E-state index contributed by atoms with van der Waals surface area (Å²) in [4.78, 5) is 13.2. The number of benzene rings is 2. The number of aryl methyl sites for hydroxylation is 1. The number of amidine groups is 1. The predicted octanol–water partition coefficient (Wildman–Crippen LogP) is 6.34. The fourth-order valence-electron chi connectivity index (χ4n) is 6.59. The highest BCUT2D eigenvalue weighted by atomic mass is 15.5. The van der Waals surface area contributed by atoms with E-state index < -0.39 is 0 Å². The van der Waals surface area contributed by atoms with E-state index in [4.69, 9.17) is 4.99 Å². The van der Waals surface area contributed by atoms with Gasteiger partial charge >= 0.3 is 0 Å². The molecule has 0 radical (unpaired) electrons. The molecule has 0 aromatic heterocycles. The SMILES string of the molecule is Cc1ccc(C(C)C2CN3C(=NCC3C(C)C)C=C3N(CCc4ccccc4)C(CC(C)C)CN32)cc1. The zero-order valence-corrected chi connectivity index (χ0v) is 23.8. The Labute approximate surface area is 225 Å². The summed E-state index contributed by atoms with van der Waals surface area (Å²) in [6.07, 6.45) is 4.73. The maximum atomic E-state index is 5.11. The lowest BCUT2D eigenvalue weighted by Gasteiger charge is -2.38. The summed E-state index contributed by atoms with van der Waals surface area (Å²) in [5.74, 6) is 4.30. The van der Waals surface area contributed by atoms with Crippen LogP contribution in [0.3, 0.4) is 0 Å². The first-order valence-corrected chi connectivity index (χ1v) is 14.5. The zero-order chi connectivity index (χ0) is 26.1. The minimum atomic E-state index is 0.414. The molecule has 1 saturated heterocycles. The lowest BCUT2D eigenvalue weighted by molar-refractivity contribution is 0.176. The molecule has 0 amide bonds. The van der Waals surface area contributed by atoms with Crippen LogP contribution in [0.4, 0.5) is 0 Å². The van der Waals surface area contributed by atoms with Gasteiger partial charge in [0.15, 0.2) is 0 Å². The first-order valence-electron chi connectivity index (χ1n) is 14.5. The van der Waals surface area contributed by atoms with E-state index in [1.807, 2.05) is 0 Å². The van der Waals surface area contributed by atoms with E-state index in [-0.39, 0.29) is 0 Å². The van der Waals surface area contributed by atoms with Gasteiger partial charge in [-0.15, -0.1) is 0 Å². The minimum absolute atomic E-state index is 0.414. The highest BCUT2D eigenvalue weighted by molar-refractivity contribution is 5.95. The van der Waals surface area contributed by atoms with Crippen molar-refractivity contribution in [2.24, 2.45) is 16.8 Å². The van der Waals surface area contributed by atoms with Crippen molar-refractivity contribution in [1.29, 1.82) is 0 Å². The van der Waals surface area contributed by atoms with Gasteiger partial charge < -0.3 is 14.7 Å². The lowest BCUT2D eigenvalue weighted by atomic mass is 9.90. The van der Waals surface area contributed by atoms with Crippen molar-refractivity contribution in [3.8, 4) is 0 Å². The zero-order valence-electron chi connectivity index (χ0n) is 23.8. The van der Waals surface area contributed by atoms with Gasteiger partial charge in [-0.2, -0.15) is 0 Å². The minimum Gasteiger partial charge on any atom is -0.353 e. The molecular formula is C33H46N4. The van der Waals surface area contributed by atoms with E-state index in [2.05, 4.69) is 117 Å². The van der Waals surface area contributed by atoms with Crippen LogP contribution in [0, 0.1) is 18.8 Å². The molecule has 4 atom stereocenters. The summed E-state index contributed by atoms with van der Waals surface area (Å²) in [5, 5.41) is 0. The molecule has 0 saturated carbocycles. The molecule has 4 unspecified atom stereocenters. The number of nitrogens with zero attached hydrogens (tertiary/aromatic N) is 4. The average Bonchev–Trinajstić information content (AvgIpc) is 3.38. The molecule has 4 nitrogen and oxygen atoms in total. The number of rotatable bonds is 8. The Bertz CT molecular complexity index is 1100. The molecule has 3 aliphatic rings. The van der Waals surface area contributed by atoms with Crippen molar-refractivity contribution in [3.63, 3.8) is 0 Å². The van der Waals surface area contributed by atoms with Crippen molar-refractivity contribution in [3.05, 3.63) is 83.2 Å². The summed E-state index contributed by atoms with van der Waals surface area (Å²) in [6, 6.07) is 21.7. The number of aliphatic imine (C=N–C) groups is 1. The van der Waals surface area contributed by atoms with Gasteiger partial charge in [-0.05, 0) is 42.7 Å². The van der Waals surface area contributed by atoms with Crippen LogP contribution in [0.1, 0.15) is 63.6 Å². The second-order valence-electron chi connectivity index (χ2n) is 12.3. The fourth-order valence-corrected chi connectivity index (χ4v) is 6.59. The van der Waals surface area contributed by atoms with Gasteiger partial charge in [-0.25, -0.2) is 0 Å². The maximum Gasteiger partial charge on any atom is 0.127 e. The lowest BCUT2D eigenvalue weighted by Crippen LogP contribution is -2.48. The number of hydrogen-bond acceptors (Lipinski definition) is 4. The molecular weight excluding hydrogens is 452 g/mol. The van der Waals surface area contributed by atoms with Crippen molar-refractivity contribution >= 4 is 5.84 Å². The largest absolute Gasteiger partial charge is 0.353 e. The first-order chi connectivity index (χ1) is 17.8. The van der Waals surface area contributed by atoms with Crippen LogP contribution in [-0.4, -0.2) is 64.8 Å². The third kappa shape index (κ3) is 5.44. The second-order valence-corrected chi connectivity index (χ2v) is 12.3. The van der Waals surface area contributed by atoms with Crippen molar-refractivity contribution in [2.75, 3.05) is 26.2 Å². The van der Waals surface area contributed by atoms with E-state index >= 15 is 0 Å². The van der Waals surface area contributed by atoms with E-state index in [1.54, 1.807) is 0 Å². The molecule has 2 aromatic rings. The topological polar surface area (TPSA) is 22.1 Å². The maximum absolute atomic E-state index is 5.11. The van der Waals surface area contributed by atoms with Crippen LogP contribution in [0.5, 0.6) is 0 Å². The molecule has 1 fully saturated rings. The molecule has 37 heavy (non-hydrogen) atoms. The third-order valence-electron chi connectivity index (χ3n) is 8.79. The molecule has 3 aliphatic heterocycles. The highest BCUT2D eigenvalue weighted by Gasteiger charge is 2.44. The van der Waals surface area contributed by atoms with E-state index in [0.29, 0.717) is 35.9 Å². The van der Waals surface area contributed by atoms with Gasteiger partial charge in [0.05, 0.1) is 18.6 Å². The van der Waals surface area contributed by atoms with Crippen molar-refractivity contribution in [1.82, 2.24) is 14.7 Å². The highest BCUT2D eigenvalue weighted by Crippen LogP contribution is 2.38. The Kier molecular flexibility index (Phi) is 7.65. The van der Waals surface area contributed by atoms with Crippen LogP contribution in [0.2, 0.25) is 0 Å². The summed E-state index contributed by atoms with van der Waals surface area (Å²) >= 11 is 0. The van der Waals surface area contributed by atoms with Gasteiger partial charge in [0.25, 0.3) is 0 Å². The molecule has 0 aliphatic carbocycles. The van der Waals surface area contributed by atoms with Crippen LogP contribution >= 0.6 is 0 Å². The summed E-state index contributed by atoms with van der Waals surface area (Å²) in [7, 11) is 0. The molecule has 2 aromatic carbocycles. The normalized spacial score (nSPS) is 24.2. The van der Waals surface area contributed by atoms with E-state index in [0.717, 1.165) is 32.6 Å². The quantitative estimate of drug-likeness (QED) is 0.424. The van der Waals surface area contributed by atoms with Crippen LogP contribution in [0.15, 0.2) is 71.5 Å². The standard InChI is InChI=1S/C33H46N4/c1-23(2)18-29-21-37-31(26(6)28-14-12-25(5)13-15-28)22-36-30(24(3)4)20-34-32(36)19-33(37)35(29)17-16-27-10-8-7-9-11-27/h7-15,19,23-24,26,29-31H,16-18,20-22H2,1-6H3. The van der Waals surface area contributed by atoms with Gasteiger partial charge in [-0.3, -0.25) is 4.99 Å².